The Balaban J connectivity index is 2.51. The molecule has 0 heterocycles. The number of carboxylic acids is 1. The molecule has 1 rings (SSSR count). The Morgan fingerprint density at radius 1 is 1.19 bits per heavy atom. The van der Waals surface area contributed by atoms with Crippen LogP contribution in [0.25, 0.3) is 0 Å². The number of aliphatic carboxylic acids is 1. The van der Waals surface area contributed by atoms with Gasteiger partial charge in [-0.1, -0.05) is 17.7 Å². The van der Waals surface area contributed by atoms with E-state index < -0.39 is 29.9 Å². The summed E-state index contributed by atoms with van der Waals surface area (Å²) < 4.78 is 0. The first-order chi connectivity index (χ1) is 9.81. The highest BCUT2D eigenvalue weighted by atomic mass is 16.4. The van der Waals surface area contributed by atoms with Gasteiger partial charge in [0, 0.05) is 5.56 Å². The van der Waals surface area contributed by atoms with Crippen LogP contribution < -0.4 is 10.6 Å². The van der Waals surface area contributed by atoms with Gasteiger partial charge in [0.2, 0.25) is 5.91 Å². The number of carbonyl (C=O) groups is 3. The van der Waals surface area contributed by atoms with Crippen LogP contribution >= 0.6 is 0 Å². The minimum absolute atomic E-state index is 0.372. The molecule has 0 bridgehead atoms. The van der Waals surface area contributed by atoms with Gasteiger partial charge in [-0.3, -0.25) is 9.59 Å². The molecular weight excluding hydrogens is 276 g/mol. The fourth-order valence-electron chi connectivity index (χ4n) is 1.58. The Kier molecular flexibility index (Phi) is 5.86. The Morgan fingerprint density at radius 2 is 1.76 bits per heavy atom. The number of rotatable bonds is 6. The molecule has 0 saturated heterocycles. The Hall–Kier alpha value is -2.41. The zero-order valence-electron chi connectivity index (χ0n) is 11.8. The summed E-state index contributed by atoms with van der Waals surface area (Å²) in [4.78, 5) is 34.1. The molecule has 114 valence electrons. The molecular formula is C14H18N2O5. The van der Waals surface area contributed by atoms with E-state index in [1.165, 1.54) is 6.92 Å². The molecule has 4 N–H and O–H groups in total. The number of benzene rings is 1. The molecule has 2 atom stereocenters. The maximum absolute atomic E-state index is 11.8. The standard InChI is InChI=1S/C14H18N2O5/c1-8-3-5-10(6-4-8)13(19)15-7-11(18)16-12(9(2)17)14(20)21/h3-6,9,12,17H,7H2,1-2H3,(H,15,19)(H,16,18)(H,20,21). The van der Waals surface area contributed by atoms with Gasteiger partial charge in [0.25, 0.3) is 5.91 Å². The van der Waals surface area contributed by atoms with Gasteiger partial charge in [-0.2, -0.15) is 0 Å². The number of carboxylic acid groups (broad SMARTS) is 1. The van der Waals surface area contributed by atoms with Crippen LogP contribution in [0.1, 0.15) is 22.8 Å². The third kappa shape index (κ3) is 5.23. The van der Waals surface area contributed by atoms with Crippen LogP contribution in [-0.4, -0.2) is 46.7 Å². The fourth-order valence-corrected chi connectivity index (χ4v) is 1.58. The van der Waals surface area contributed by atoms with Crippen molar-refractivity contribution in [3.05, 3.63) is 35.4 Å². The number of nitrogens with one attached hydrogen (secondary N) is 2. The molecule has 2 amide bonds. The van der Waals surface area contributed by atoms with Crippen molar-refractivity contribution >= 4 is 17.8 Å². The summed E-state index contributed by atoms with van der Waals surface area (Å²) in [6.45, 7) is 2.77. The molecule has 7 heteroatoms. The van der Waals surface area contributed by atoms with Crippen molar-refractivity contribution in [3.8, 4) is 0 Å². The van der Waals surface area contributed by atoms with Crippen LogP contribution in [0.4, 0.5) is 0 Å². The van der Waals surface area contributed by atoms with Crippen molar-refractivity contribution < 1.29 is 24.6 Å². The third-order valence-corrected chi connectivity index (χ3v) is 2.79. The molecule has 1 aromatic carbocycles. The van der Waals surface area contributed by atoms with Crippen LogP contribution in [0.15, 0.2) is 24.3 Å². The number of aliphatic hydroxyl groups is 1. The zero-order valence-corrected chi connectivity index (χ0v) is 11.8. The number of hydrogen-bond donors (Lipinski definition) is 4. The molecule has 2 unspecified atom stereocenters. The van der Waals surface area contributed by atoms with Gasteiger partial charge in [0.15, 0.2) is 6.04 Å². The third-order valence-electron chi connectivity index (χ3n) is 2.79. The van der Waals surface area contributed by atoms with Crippen LogP contribution in [0, 0.1) is 6.92 Å². The van der Waals surface area contributed by atoms with Crippen LogP contribution in [0.2, 0.25) is 0 Å². The van der Waals surface area contributed by atoms with Crippen molar-refractivity contribution in [2.24, 2.45) is 0 Å². The monoisotopic (exact) mass is 294 g/mol. The number of aliphatic hydroxyl groups excluding tert-OH is 1. The van der Waals surface area contributed by atoms with Gasteiger partial charge in [0.1, 0.15) is 0 Å². The smallest absolute Gasteiger partial charge is 0.328 e. The Labute approximate surface area is 122 Å². The lowest BCUT2D eigenvalue weighted by Gasteiger charge is -2.17. The van der Waals surface area contributed by atoms with E-state index in [1.807, 2.05) is 6.92 Å². The first-order valence-corrected chi connectivity index (χ1v) is 6.36. The summed E-state index contributed by atoms with van der Waals surface area (Å²) in [6, 6.07) is 5.37. The quantitative estimate of drug-likeness (QED) is 0.573. The zero-order chi connectivity index (χ0) is 16.0. The molecule has 21 heavy (non-hydrogen) atoms. The van der Waals surface area contributed by atoms with E-state index in [1.54, 1.807) is 24.3 Å². The van der Waals surface area contributed by atoms with Crippen LogP contribution in [0.5, 0.6) is 0 Å². The summed E-state index contributed by atoms with van der Waals surface area (Å²) in [5.41, 5.74) is 1.41. The summed E-state index contributed by atoms with van der Waals surface area (Å²) in [7, 11) is 0. The maximum atomic E-state index is 11.8. The van der Waals surface area contributed by atoms with E-state index in [4.69, 9.17) is 5.11 Å². The van der Waals surface area contributed by atoms with Crippen LogP contribution in [-0.2, 0) is 9.59 Å². The van der Waals surface area contributed by atoms with Crippen molar-refractivity contribution in [1.29, 1.82) is 0 Å². The molecule has 1 aromatic rings. The topological polar surface area (TPSA) is 116 Å². The molecule has 0 spiro atoms. The lowest BCUT2D eigenvalue weighted by Crippen LogP contribution is -2.50. The van der Waals surface area contributed by atoms with E-state index in [0.717, 1.165) is 5.56 Å². The summed E-state index contributed by atoms with van der Waals surface area (Å²) in [5, 5.41) is 22.5. The molecule has 0 aromatic heterocycles. The van der Waals surface area contributed by atoms with Crippen molar-refractivity contribution in [2.45, 2.75) is 26.0 Å². The highest BCUT2D eigenvalue weighted by molar-refractivity contribution is 5.96. The van der Waals surface area contributed by atoms with Gasteiger partial charge in [-0.15, -0.1) is 0 Å². The van der Waals surface area contributed by atoms with E-state index in [9.17, 15) is 19.5 Å². The van der Waals surface area contributed by atoms with Crippen molar-refractivity contribution in [3.63, 3.8) is 0 Å². The van der Waals surface area contributed by atoms with E-state index in [0.29, 0.717) is 5.56 Å². The maximum Gasteiger partial charge on any atom is 0.328 e. The van der Waals surface area contributed by atoms with E-state index >= 15 is 0 Å². The van der Waals surface area contributed by atoms with Gasteiger partial charge < -0.3 is 20.8 Å². The number of aryl methyl sites for hydroxylation is 1. The molecule has 0 aliphatic heterocycles. The molecule has 0 saturated carbocycles. The largest absolute Gasteiger partial charge is 0.480 e. The molecule has 0 fully saturated rings. The van der Waals surface area contributed by atoms with Gasteiger partial charge in [0.05, 0.1) is 12.6 Å². The first-order valence-electron chi connectivity index (χ1n) is 6.36. The average molecular weight is 294 g/mol. The highest BCUT2D eigenvalue weighted by Gasteiger charge is 2.24. The summed E-state index contributed by atoms with van der Waals surface area (Å²) in [5.74, 6) is -2.47. The predicted molar refractivity (Wildman–Crippen MR) is 74.8 cm³/mol. The normalized spacial score (nSPS) is 13.1. The second-order valence-corrected chi connectivity index (χ2v) is 4.67. The second kappa shape index (κ2) is 7.39. The highest BCUT2D eigenvalue weighted by Crippen LogP contribution is 2.02. The Morgan fingerprint density at radius 3 is 2.24 bits per heavy atom. The van der Waals surface area contributed by atoms with Crippen molar-refractivity contribution in [2.75, 3.05) is 6.54 Å². The van der Waals surface area contributed by atoms with E-state index in [-0.39, 0.29) is 6.54 Å². The summed E-state index contributed by atoms with van der Waals surface area (Å²) in [6.07, 6.45) is -1.24. The lowest BCUT2D eigenvalue weighted by atomic mass is 10.1. The first kappa shape index (κ1) is 16.6. The van der Waals surface area contributed by atoms with Crippen molar-refractivity contribution in [1.82, 2.24) is 10.6 Å². The molecule has 0 aliphatic carbocycles. The number of hydrogen-bond acceptors (Lipinski definition) is 4. The Bertz CT molecular complexity index is 525. The SMILES string of the molecule is Cc1ccc(C(=O)NCC(=O)NC(C(=O)O)C(C)O)cc1. The predicted octanol–water partition coefficient (Wildman–Crippen LogP) is -0.325. The van der Waals surface area contributed by atoms with Crippen LogP contribution in [0.3, 0.4) is 0 Å². The lowest BCUT2D eigenvalue weighted by molar-refractivity contribution is -0.144. The minimum Gasteiger partial charge on any atom is -0.480 e. The van der Waals surface area contributed by atoms with E-state index in [2.05, 4.69) is 10.6 Å². The average Bonchev–Trinajstić information content (AvgIpc) is 2.42. The van der Waals surface area contributed by atoms with Gasteiger partial charge >= 0.3 is 5.97 Å². The number of amides is 2. The van der Waals surface area contributed by atoms with Gasteiger partial charge in [-0.05, 0) is 26.0 Å². The number of carbonyl (C=O) groups excluding carboxylic acids is 2. The fraction of sp³-hybridized carbons (Fsp3) is 0.357. The van der Waals surface area contributed by atoms with Gasteiger partial charge in [-0.25, -0.2) is 4.79 Å². The second-order valence-electron chi connectivity index (χ2n) is 4.67. The minimum atomic E-state index is -1.41. The molecule has 0 aliphatic rings. The molecule has 0 radical (unpaired) electrons. The molecule has 7 nitrogen and oxygen atoms in total. The summed E-state index contributed by atoms with van der Waals surface area (Å²) >= 11 is 0.